The Labute approximate surface area is 168 Å². The van der Waals surface area contributed by atoms with Gasteiger partial charge in [-0.05, 0) is 35.2 Å². The van der Waals surface area contributed by atoms with E-state index in [0.717, 1.165) is 11.1 Å². The van der Waals surface area contributed by atoms with Crippen molar-refractivity contribution in [3.05, 3.63) is 65.2 Å². The highest BCUT2D eigenvalue weighted by molar-refractivity contribution is 7.87. The van der Waals surface area contributed by atoms with Crippen molar-refractivity contribution in [1.29, 1.82) is 0 Å². The molecule has 3 N–H and O–H groups in total. The Morgan fingerprint density at radius 1 is 1.21 bits per heavy atom. The van der Waals surface area contributed by atoms with E-state index in [9.17, 15) is 18.0 Å². The maximum Gasteiger partial charge on any atom is 0.411 e. The molecule has 2 aromatic rings. The summed E-state index contributed by atoms with van der Waals surface area (Å²) >= 11 is 0. The molecule has 9 nitrogen and oxygen atoms in total. The maximum atomic E-state index is 12.7. The summed E-state index contributed by atoms with van der Waals surface area (Å²) in [5, 5.41) is 2.53. The fraction of sp³-hybridized carbons (Fsp3) is 0.263. The molecular formula is C19H21N3O6S. The molecule has 0 radical (unpaired) electrons. The zero-order chi connectivity index (χ0) is 21.0. The minimum absolute atomic E-state index is 0.0633. The number of nitrogens with zero attached hydrogens (tertiary/aromatic N) is 1. The van der Waals surface area contributed by atoms with Gasteiger partial charge in [0.25, 0.3) is 0 Å². The molecule has 2 aromatic carbocycles. The number of nitrogens with one attached hydrogen (secondary N) is 2. The number of likely N-dealkylation sites (N-methyl/N-ethyl adjacent to an activating group) is 1. The molecule has 0 unspecified atom stereocenters. The van der Waals surface area contributed by atoms with Crippen molar-refractivity contribution < 1.29 is 27.3 Å². The van der Waals surface area contributed by atoms with Crippen LogP contribution in [0.4, 0.5) is 10.5 Å². The zero-order valence-electron chi connectivity index (χ0n) is 15.7. The summed E-state index contributed by atoms with van der Waals surface area (Å²) < 4.78 is 38.6. The first kappa shape index (κ1) is 20.6. The maximum absolute atomic E-state index is 12.7. The number of carbonyl (C=O) groups excluding carboxylic acids is 2. The first-order valence-electron chi connectivity index (χ1n) is 8.85. The third-order valence-corrected chi connectivity index (χ3v) is 5.05. The van der Waals surface area contributed by atoms with E-state index in [4.69, 9.17) is 9.29 Å². The van der Waals surface area contributed by atoms with Crippen molar-refractivity contribution in [3.8, 4) is 0 Å². The van der Waals surface area contributed by atoms with Gasteiger partial charge in [-0.1, -0.05) is 36.4 Å². The van der Waals surface area contributed by atoms with Crippen LogP contribution in [0.1, 0.15) is 22.7 Å². The van der Waals surface area contributed by atoms with Crippen molar-refractivity contribution in [3.63, 3.8) is 0 Å². The van der Waals surface area contributed by atoms with Gasteiger partial charge in [0.05, 0.1) is 5.69 Å². The van der Waals surface area contributed by atoms with Gasteiger partial charge in [0.2, 0.25) is 5.91 Å². The Bertz CT molecular complexity index is 1010. The topological polar surface area (TPSA) is 125 Å². The molecule has 1 aliphatic rings. The monoisotopic (exact) mass is 419 g/mol. The number of anilines is 1. The van der Waals surface area contributed by atoms with Gasteiger partial charge in [-0.25, -0.2) is 4.79 Å². The number of fused-ring (bicyclic) bond motifs is 1. The molecule has 0 saturated carbocycles. The molecule has 0 bridgehead atoms. The SMILES string of the molecule is CNC(=O)[C@H]1c2cc(NS(=O)(=O)O)ccc2CCN1C(=O)OCc1ccccc1. The Balaban J connectivity index is 1.86. The number of carbonyl (C=O) groups is 2. The number of ether oxygens (including phenoxy) is 1. The van der Waals surface area contributed by atoms with Crippen molar-refractivity contribution in [2.45, 2.75) is 19.1 Å². The van der Waals surface area contributed by atoms with E-state index < -0.39 is 28.3 Å². The first-order valence-corrected chi connectivity index (χ1v) is 10.3. The van der Waals surface area contributed by atoms with Crippen LogP contribution in [0.5, 0.6) is 0 Å². The summed E-state index contributed by atoms with van der Waals surface area (Å²) in [6, 6.07) is 12.7. The van der Waals surface area contributed by atoms with E-state index in [2.05, 4.69) is 5.32 Å². The van der Waals surface area contributed by atoms with Crippen molar-refractivity contribution in [1.82, 2.24) is 10.2 Å². The summed E-state index contributed by atoms with van der Waals surface area (Å²) in [6.07, 6.45) is -0.184. The molecule has 1 atom stereocenters. The molecule has 1 aliphatic heterocycles. The molecule has 29 heavy (non-hydrogen) atoms. The quantitative estimate of drug-likeness (QED) is 0.636. The summed E-state index contributed by atoms with van der Waals surface area (Å²) in [7, 11) is -3.02. The van der Waals surface area contributed by atoms with Crippen LogP contribution in [-0.2, 0) is 32.9 Å². The lowest BCUT2D eigenvalue weighted by atomic mass is 9.92. The molecule has 10 heteroatoms. The van der Waals surface area contributed by atoms with Crippen molar-refractivity contribution in [2.24, 2.45) is 0 Å². The summed E-state index contributed by atoms with van der Waals surface area (Å²) in [4.78, 5) is 26.6. The molecule has 154 valence electrons. The fourth-order valence-electron chi connectivity index (χ4n) is 3.25. The molecule has 0 spiro atoms. The number of hydrogen-bond donors (Lipinski definition) is 3. The van der Waals surface area contributed by atoms with E-state index in [1.165, 1.54) is 24.1 Å². The molecular weight excluding hydrogens is 398 g/mol. The van der Waals surface area contributed by atoms with Gasteiger partial charge < -0.3 is 10.1 Å². The van der Waals surface area contributed by atoms with Gasteiger partial charge in [-0.2, -0.15) is 8.42 Å². The molecule has 0 aliphatic carbocycles. The predicted octanol–water partition coefficient (Wildman–Crippen LogP) is 1.88. The van der Waals surface area contributed by atoms with Crippen LogP contribution < -0.4 is 10.0 Å². The van der Waals surface area contributed by atoms with Gasteiger partial charge >= 0.3 is 16.4 Å². The van der Waals surface area contributed by atoms with Gasteiger partial charge in [0.1, 0.15) is 12.6 Å². The minimum Gasteiger partial charge on any atom is -0.445 e. The van der Waals surface area contributed by atoms with Gasteiger partial charge in [0, 0.05) is 13.6 Å². The minimum atomic E-state index is -4.47. The van der Waals surface area contributed by atoms with Crippen LogP contribution in [0.3, 0.4) is 0 Å². The lowest BCUT2D eigenvalue weighted by Crippen LogP contribution is -2.46. The van der Waals surface area contributed by atoms with Gasteiger partial charge in [-0.3, -0.25) is 19.0 Å². The van der Waals surface area contributed by atoms with E-state index in [-0.39, 0.29) is 18.8 Å². The number of benzene rings is 2. The third-order valence-electron chi connectivity index (χ3n) is 4.56. The molecule has 0 saturated heterocycles. The number of hydrogen-bond acceptors (Lipinski definition) is 5. The van der Waals surface area contributed by atoms with Crippen molar-refractivity contribution >= 4 is 28.0 Å². The van der Waals surface area contributed by atoms with Crippen LogP contribution in [0.25, 0.3) is 0 Å². The standard InChI is InChI=1S/C19H21N3O6S/c1-20-18(23)17-16-11-15(21-29(25,26)27)8-7-14(16)9-10-22(17)19(24)28-12-13-5-3-2-4-6-13/h2-8,11,17,21H,9-10,12H2,1H3,(H,20,23)(H,25,26,27)/t17-/m1/s1. The zero-order valence-corrected chi connectivity index (χ0v) is 16.5. The summed E-state index contributed by atoms with van der Waals surface area (Å²) in [5.74, 6) is -0.438. The Hall–Kier alpha value is -3.11. The summed E-state index contributed by atoms with van der Waals surface area (Å²) in [6.45, 7) is 0.331. The average Bonchev–Trinajstić information content (AvgIpc) is 2.70. The highest BCUT2D eigenvalue weighted by Crippen LogP contribution is 2.33. The first-order chi connectivity index (χ1) is 13.8. The Morgan fingerprint density at radius 2 is 1.93 bits per heavy atom. The van der Waals surface area contributed by atoms with E-state index >= 15 is 0 Å². The molecule has 0 fully saturated rings. The van der Waals surface area contributed by atoms with Crippen LogP contribution in [0, 0.1) is 0 Å². The molecule has 0 aromatic heterocycles. The van der Waals surface area contributed by atoms with E-state index in [1.807, 2.05) is 35.1 Å². The highest BCUT2D eigenvalue weighted by Gasteiger charge is 2.36. The largest absolute Gasteiger partial charge is 0.445 e. The smallest absolute Gasteiger partial charge is 0.411 e. The van der Waals surface area contributed by atoms with E-state index in [0.29, 0.717) is 12.0 Å². The van der Waals surface area contributed by atoms with Gasteiger partial charge in [0.15, 0.2) is 0 Å². The van der Waals surface area contributed by atoms with Crippen LogP contribution in [-0.4, -0.2) is 43.5 Å². The lowest BCUT2D eigenvalue weighted by molar-refractivity contribution is -0.126. The number of rotatable bonds is 5. The Morgan fingerprint density at radius 3 is 2.59 bits per heavy atom. The van der Waals surface area contributed by atoms with Crippen LogP contribution in [0.2, 0.25) is 0 Å². The third kappa shape index (κ3) is 5.04. The molecule has 2 amide bonds. The highest BCUT2D eigenvalue weighted by atomic mass is 32.2. The predicted molar refractivity (Wildman–Crippen MR) is 105 cm³/mol. The lowest BCUT2D eigenvalue weighted by Gasteiger charge is -2.35. The van der Waals surface area contributed by atoms with Crippen molar-refractivity contribution in [2.75, 3.05) is 18.3 Å². The van der Waals surface area contributed by atoms with Crippen LogP contribution >= 0.6 is 0 Å². The normalized spacial score (nSPS) is 15.9. The van der Waals surface area contributed by atoms with Crippen LogP contribution in [0.15, 0.2) is 48.5 Å². The second-order valence-electron chi connectivity index (χ2n) is 6.49. The second kappa shape index (κ2) is 8.50. The summed E-state index contributed by atoms with van der Waals surface area (Å²) in [5.41, 5.74) is 2.15. The molecule has 3 rings (SSSR count). The Kier molecular flexibility index (Phi) is 6.04. The number of amides is 2. The van der Waals surface area contributed by atoms with E-state index in [1.54, 1.807) is 6.07 Å². The fourth-order valence-corrected chi connectivity index (χ4v) is 3.67. The molecule has 1 heterocycles. The van der Waals surface area contributed by atoms with Gasteiger partial charge in [-0.15, -0.1) is 0 Å². The second-order valence-corrected chi connectivity index (χ2v) is 7.65. The average molecular weight is 419 g/mol.